The lowest BCUT2D eigenvalue weighted by molar-refractivity contribution is 0.0660. The molecule has 0 N–H and O–H groups in total. The summed E-state index contributed by atoms with van der Waals surface area (Å²) in [6.07, 6.45) is -0.589. The van der Waals surface area contributed by atoms with Crippen molar-refractivity contribution >= 4 is 6.98 Å². The molecule has 1 heterocycles. The van der Waals surface area contributed by atoms with Crippen molar-refractivity contribution in [1.29, 1.82) is 0 Å². The number of halogens is 5. The van der Waals surface area contributed by atoms with E-state index in [9.17, 15) is 21.7 Å². The van der Waals surface area contributed by atoms with Gasteiger partial charge in [0.25, 0.3) is 0 Å². The molecule has 0 bridgehead atoms. The Morgan fingerprint density at radius 3 is 2.23 bits per heavy atom. The molecule has 0 aromatic heterocycles. The predicted molar refractivity (Wildman–Crippen MR) is 35.6 cm³/mol. The first-order valence-electron chi connectivity index (χ1n) is 3.99. The van der Waals surface area contributed by atoms with Gasteiger partial charge in [-0.05, 0) is 6.42 Å². The third kappa shape index (κ3) is 0.859. The molecule has 2 fully saturated rings. The molecule has 2 aliphatic rings. The molecule has 1 aliphatic heterocycles. The quantitative estimate of drug-likeness (QED) is 0.466. The zero-order valence-electron chi connectivity index (χ0n) is 6.57. The molecule has 1 saturated carbocycles. The van der Waals surface area contributed by atoms with Crippen LogP contribution in [-0.4, -0.2) is 26.1 Å². The Balaban J connectivity index is 2.32. The standard InChI is InChI=1S/C6H7BF5O/c8-6(9)4-3-13-2-1-5(4,6)7(10,11)12/h4H,1-3H2/q-1. The first kappa shape index (κ1) is 9.24. The molecule has 2 rings (SSSR count). The summed E-state index contributed by atoms with van der Waals surface area (Å²) in [7, 11) is 0. The number of hydrogen-bond donors (Lipinski definition) is 0. The molecule has 76 valence electrons. The average molecular weight is 201 g/mol. The smallest absolute Gasteiger partial charge is 0.448 e. The van der Waals surface area contributed by atoms with Gasteiger partial charge in [0.1, 0.15) is 0 Å². The van der Waals surface area contributed by atoms with Crippen LogP contribution in [0, 0.1) is 5.92 Å². The Hall–Kier alpha value is -0.325. The van der Waals surface area contributed by atoms with Gasteiger partial charge in [-0.1, -0.05) is 0 Å². The molecule has 1 nitrogen and oxygen atoms in total. The van der Waals surface area contributed by atoms with Gasteiger partial charge in [0.05, 0.1) is 6.61 Å². The summed E-state index contributed by atoms with van der Waals surface area (Å²) in [4.78, 5) is 0. The van der Waals surface area contributed by atoms with Crippen molar-refractivity contribution in [1.82, 2.24) is 0 Å². The van der Waals surface area contributed by atoms with E-state index in [1.807, 2.05) is 0 Å². The van der Waals surface area contributed by atoms with E-state index in [0.717, 1.165) is 0 Å². The van der Waals surface area contributed by atoms with E-state index >= 15 is 0 Å². The van der Waals surface area contributed by atoms with Gasteiger partial charge in [0, 0.05) is 17.8 Å². The lowest BCUT2D eigenvalue weighted by atomic mass is 9.64. The fourth-order valence-electron chi connectivity index (χ4n) is 2.20. The van der Waals surface area contributed by atoms with E-state index in [4.69, 9.17) is 0 Å². The van der Waals surface area contributed by atoms with Gasteiger partial charge in [0.15, 0.2) is 0 Å². The Kier molecular flexibility index (Phi) is 1.55. The van der Waals surface area contributed by atoms with Crippen molar-refractivity contribution in [3.8, 4) is 0 Å². The second-order valence-electron chi connectivity index (χ2n) is 3.62. The number of alkyl halides is 2. The summed E-state index contributed by atoms with van der Waals surface area (Å²) < 4.78 is 67.5. The molecule has 0 radical (unpaired) electrons. The number of rotatable bonds is 1. The minimum atomic E-state index is -5.47. The highest BCUT2D eigenvalue weighted by Gasteiger charge is 2.86. The number of fused-ring (bicyclic) bond motifs is 1. The van der Waals surface area contributed by atoms with Crippen LogP contribution in [0.4, 0.5) is 21.7 Å². The van der Waals surface area contributed by atoms with Gasteiger partial charge in [-0.15, -0.1) is 0 Å². The number of ether oxygens (including phenoxy) is 1. The van der Waals surface area contributed by atoms with E-state index in [2.05, 4.69) is 4.74 Å². The van der Waals surface area contributed by atoms with E-state index in [-0.39, 0.29) is 6.61 Å². The second kappa shape index (κ2) is 2.19. The summed E-state index contributed by atoms with van der Waals surface area (Å²) in [5.41, 5.74) is 0. The van der Waals surface area contributed by atoms with E-state index in [0.29, 0.717) is 0 Å². The van der Waals surface area contributed by atoms with Crippen LogP contribution in [0.5, 0.6) is 0 Å². The molecule has 1 aliphatic carbocycles. The highest BCUT2D eigenvalue weighted by Crippen LogP contribution is 2.80. The lowest BCUT2D eigenvalue weighted by Crippen LogP contribution is -2.34. The zero-order chi connectivity index (χ0) is 9.91. The van der Waals surface area contributed by atoms with Crippen LogP contribution in [0.25, 0.3) is 0 Å². The van der Waals surface area contributed by atoms with Crippen LogP contribution in [0.15, 0.2) is 0 Å². The third-order valence-electron chi connectivity index (χ3n) is 3.13. The van der Waals surface area contributed by atoms with Crippen LogP contribution in [0.3, 0.4) is 0 Å². The monoisotopic (exact) mass is 201 g/mol. The maximum Gasteiger partial charge on any atom is 0.491 e. The summed E-state index contributed by atoms with van der Waals surface area (Å²) in [5, 5.41) is -2.72. The van der Waals surface area contributed by atoms with E-state index < -0.39 is 37.2 Å². The maximum atomic E-state index is 12.9. The van der Waals surface area contributed by atoms with Crippen LogP contribution in [0.1, 0.15) is 6.42 Å². The van der Waals surface area contributed by atoms with Crippen molar-refractivity contribution in [3.63, 3.8) is 0 Å². The summed E-state index contributed by atoms with van der Waals surface area (Å²) in [6, 6.07) is 0. The molecule has 7 heteroatoms. The molecule has 2 unspecified atom stereocenters. The molecular formula is C6H7BF5O-. The van der Waals surface area contributed by atoms with Crippen LogP contribution < -0.4 is 0 Å². The molecular weight excluding hydrogens is 194 g/mol. The minimum Gasteiger partial charge on any atom is -0.448 e. The molecule has 13 heavy (non-hydrogen) atoms. The number of hydrogen-bond acceptors (Lipinski definition) is 1. The Morgan fingerprint density at radius 2 is 1.85 bits per heavy atom. The van der Waals surface area contributed by atoms with Gasteiger partial charge in [-0.2, -0.15) is 0 Å². The average Bonchev–Trinajstić information content (AvgIpc) is 2.51. The van der Waals surface area contributed by atoms with E-state index in [1.54, 1.807) is 0 Å². The summed E-state index contributed by atoms with van der Waals surface area (Å²) in [5.74, 6) is -5.23. The molecule has 1 saturated heterocycles. The molecule has 0 spiro atoms. The van der Waals surface area contributed by atoms with Crippen molar-refractivity contribution in [2.75, 3.05) is 13.2 Å². The Labute approximate surface area is 71.3 Å². The normalized spacial score (nSPS) is 42.7. The topological polar surface area (TPSA) is 9.23 Å². The van der Waals surface area contributed by atoms with Crippen LogP contribution in [0.2, 0.25) is 5.31 Å². The van der Waals surface area contributed by atoms with Gasteiger partial charge < -0.3 is 17.7 Å². The second-order valence-corrected chi connectivity index (χ2v) is 3.62. The summed E-state index contributed by atoms with van der Waals surface area (Å²) in [6.45, 7) is -6.15. The van der Waals surface area contributed by atoms with Gasteiger partial charge in [-0.25, -0.2) is 8.78 Å². The molecule has 2 atom stereocenters. The highest BCUT2D eigenvalue weighted by atomic mass is 19.4. The van der Waals surface area contributed by atoms with Crippen molar-refractivity contribution in [2.24, 2.45) is 5.92 Å². The minimum absolute atomic E-state index is 0.215. The van der Waals surface area contributed by atoms with Crippen molar-refractivity contribution < 1.29 is 26.5 Å². The fourth-order valence-corrected chi connectivity index (χ4v) is 2.20. The lowest BCUT2D eigenvalue weighted by Gasteiger charge is -2.29. The Bertz CT molecular complexity index is 240. The highest BCUT2D eigenvalue weighted by molar-refractivity contribution is 6.64. The van der Waals surface area contributed by atoms with Gasteiger partial charge in [-0.3, -0.25) is 0 Å². The predicted octanol–water partition coefficient (Wildman–Crippen LogP) is 2.26. The first-order valence-corrected chi connectivity index (χ1v) is 3.99. The van der Waals surface area contributed by atoms with Crippen molar-refractivity contribution in [3.05, 3.63) is 0 Å². The first-order chi connectivity index (χ1) is 5.84. The molecule has 0 aromatic rings. The third-order valence-corrected chi connectivity index (χ3v) is 3.13. The molecule has 0 aromatic carbocycles. The van der Waals surface area contributed by atoms with Crippen LogP contribution in [-0.2, 0) is 4.74 Å². The zero-order valence-corrected chi connectivity index (χ0v) is 6.57. The Morgan fingerprint density at radius 1 is 1.23 bits per heavy atom. The fraction of sp³-hybridized carbons (Fsp3) is 1.00. The van der Waals surface area contributed by atoms with Gasteiger partial charge >= 0.3 is 6.98 Å². The van der Waals surface area contributed by atoms with Crippen molar-refractivity contribution in [2.45, 2.75) is 17.7 Å². The SMILES string of the molecule is F[B-](F)(F)C12CCOCC1C2(F)F. The summed E-state index contributed by atoms with van der Waals surface area (Å²) >= 11 is 0. The molecule has 0 amide bonds. The van der Waals surface area contributed by atoms with Gasteiger partial charge in [0.2, 0.25) is 5.92 Å². The van der Waals surface area contributed by atoms with Crippen LogP contribution >= 0.6 is 0 Å². The maximum absolute atomic E-state index is 12.9. The largest absolute Gasteiger partial charge is 0.491 e. The van der Waals surface area contributed by atoms with E-state index in [1.165, 1.54) is 0 Å².